The molecule has 2 atom stereocenters. The number of nitrogens with two attached hydrogens (primary N) is 1. The second-order valence-corrected chi connectivity index (χ2v) is 5.15. The summed E-state index contributed by atoms with van der Waals surface area (Å²) in [5, 5.41) is 20.2. The van der Waals surface area contributed by atoms with Crippen LogP contribution >= 0.6 is 0 Å². The Hall–Kier alpha value is -2.19. The summed E-state index contributed by atoms with van der Waals surface area (Å²) < 4.78 is 0. The Kier molecular flexibility index (Phi) is 4.39. The Bertz CT molecular complexity index is 563. The molecule has 1 aromatic rings. The molecule has 8 nitrogen and oxygen atoms in total. The van der Waals surface area contributed by atoms with Gasteiger partial charge in [-0.3, -0.25) is 20.8 Å². The van der Waals surface area contributed by atoms with Crippen LogP contribution in [0.4, 0.5) is 11.4 Å². The van der Waals surface area contributed by atoms with Gasteiger partial charge in [-0.1, -0.05) is 6.92 Å². The maximum absolute atomic E-state index is 12.5. The molecule has 1 aromatic carbocycles. The summed E-state index contributed by atoms with van der Waals surface area (Å²) in [7, 11) is 0. The summed E-state index contributed by atoms with van der Waals surface area (Å²) in [5.41, 5.74) is 2.43. The third kappa shape index (κ3) is 2.81. The van der Waals surface area contributed by atoms with Gasteiger partial charge in [-0.05, 0) is 24.5 Å². The van der Waals surface area contributed by atoms with Crippen molar-refractivity contribution in [3.8, 4) is 0 Å². The van der Waals surface area contributed by atoms with Crippen LogP contribution in [-0.4, -0.2) is 40.0 Å². The molecule has 0 aromatic heterocycles. The smallest absolute Gasteiger partial charge is 0.293 e. The number of nitrogens with zero attached hydrogens (tertiary/aromatic N) is 2. The minimum absolute atomic E-state index is 0.0821. The predicted molar refractivity (Wildman–Crippen MR) is 76.6 cm³/mol. The zero-order chi connectivity index (χ0) is 15.6. The molecule has 2 rings (SSSR count). The first kappa shape index (κ1) is 15.2. The second-order valence-electron chi connectivity index (χ2n) is 5.15. The lowest BCUT2D eigenvalue weighted by Crippen LogP contribution is -2.39. The molecule has 0 bridgehead atoms. The van der Waals surface area contributed by atoms with E-state index in [1.54, 1.807) is 4.90 Å². The number of hydrogen-bond donors (Lipinski definition) is 3. The van der Waals surface area contributed by atoms with Gasteiger partial charge < -0.3 is 15.4 Å². The number of nitro benzene ring substituents is 1. The van der Waals surface area contributed by atoms with E-state index in [1.165, 1.54) is 18.2 Å². The maximum atomic E-state index is 12.5. The van der Waals surface area contributed by atoms with Crippen LogP contribution in [0.2, 0.25) is 0 Å². The first-order valence-electron chi connectivity index (χ1n) is 6.66. The number of carbonyl (C=O) groups excluding carboxylic acids is 1. The number of aliphatic hydroxyl groups excluding tert-OH is 1. The number of aliphatic hydroxyl groups is 1. The minimum atomic E-state index is -0.572. The van der Waals surface area contributed by atoms with E-state index in [1.807, 2.05) is 6.92 Å². The van der Waals surface area contributed by atoms with Crippen LogP contribution in [-0.2, 0) is 0 Å². The number of nitrogens with one attached hydrogen (secondary N) is 1. The first-order chi connectivity index (χ1) is 9.99. The van der Waals surface area contributed by atoms with Crippen LogP contribution in [0.15, 0.2) is 18.2 Å². The van der Waals surface area contributed by atoms with E-state index in [2.05, 4.69) is 5.43 Å². The molecule has 8 heteroatoms. The number of benzene rings is 1. The number of hydrogen-bond acceptors (Lipinski definition) is 6. The Morgan fingerprint density at radius 2 is 2.33 bits per heavy atom. The van der Waals surface area contributed by atoms with Gasteiger partial charge in [-0.25, -0.2) is 0 Å². The molecule has 1 fully saturated rings. The predicted octanol–water partition coefficient (Wildman–Crippen LogP) is 0.723. The van der Waals surface area contributed by atoms with Gasteiger partial charge in [0.05, 0.1) is 17.6 Å². The molecular weight excluding hydrogens is 276 g/mol. The van der Waals surface area contributed by atoms with Crippen molar-refractivity contribution in [3.05, 3.63) is 33.9 Å². The van der Waals surface area contributed by atoms with Crippen molar-refractivity contribution >= 4 is 17.3 Å². The average molecular weight is 294 g/mol. The quantitative estimate of drug-likeness (QED) is 0.427. The average Bonchev–Trinajstić information content (AvgIpc) is 2.86. The monoisotopic (exact) mass is 294 g/mol. The molecule has 114 valence electrons. The normalized spacial score (nSPS) is 21.4. The van der Waals surface area contributed by atoms with Crippen LogP contribution in [0.25, 0.3) is 0 Å². The molecule has 2 unspecified atom stereocenters. The van der Waals surface area contributed by atoms with Gasteiger partial charge in [0.2, 0.25) is 0 Å². The third-order valence-electron chi connectivity index (χ3n) is 3.93. The highest BCUT2D eigenvalue weighted by molar-refractivity contribution is 5.96. The highest BCUT2D eigenvalue weighted by atomic mass is 16.6. The van der Waals surface area contributed by atoms with E-state index >= 15 is 0 Å². The molecule has 0 saturated carbocycles. The van der Waals surface area contributed by atoms with Crippen LogP contribution in [0.5, 0.6) is 0 Å². The van der Waals surface area contributed by atoms with E-state index in [4.69, 9.17) is 5.84 Å². The van der Waals surface area contributed by atoms with Crippen molar-refractivity contribution in [2.75, 3.05) is 18.6 Å². The molecule has 0 aliphatic carbocycles. The number of anilines is 1. The standard InChI is InChI=1S/C13H18N4O4/c1-8-4-5-16(12(8)7-18)13(19)9-2-3-11(17(20)21)10(6-9)15-14/h2-3,6,8,12,15,18H,4-5,7,14H2,1H3. The number of nitro groups is 1. The molecule has 0 radical (unpaired) electrons. The lowest BCUT2D eigenvalue weighted by Gasteiger charge is -2.25. The molecule has 1 aliphatic rings. The number of hydrazine groups is 1. The number of nitrogen functional groups attached to an aromatic ring is 1. The van der Waals surface area contributed by atoms with Gasteiger partial charge in [0.25, 0.3) is 11.6 Å². The van der Waals surface area contributed by atoms with E-state index in [0.29, 0.717) is 12.1 Å². The second kappa shape index (κ2) is 6.06. The van der Waals surface area contributed by atoms with Crippen LogP contribution < -0.4 is 11.3 Å². The summed E-state index contributed by atoms with van der Waals surface area (Å²) >= 11 is 0. The maximum Gasteiger partial charge on any atom is 0.293 e. The summed E-state index contributed by atoms with van der Waals surface area (Å²) in [5.74, 6) is 5.23. The van der Waals surface area contributed by atoms with Crippen LogP contribution in [0.1, 0.15) is 23.7 Å². The molecule has 4 N–H and O–H groups in total. The number of carbonyl (C=O) groups is 1. The zero-order valence-corrected chi connectivity index (χ0v) is 11.7. The molecule has 1 aliphatic heterocycles. The third-order valence-corrected chi connectivity index (χ3v) is 3.93. The zero-order valence-electron chi connectivity index (χ0n) is 11.7. The number of likely N-dealkylation sites (tertiary alicyclic amines) is 1. The Morgan fingerprint density at radius 1 is 1.62 bits per heavy atom. The molecule has 1 heterocycles. The fourth-order valence-electron chi connectivity index (χ4n) is 2.65. The summed E-state index contributed by atoms with van der Waals surface area (Å²) in [6, 6.07) is 3.79. The van der Waals surface area contributed by atoms with Gasteiger partial charge in [0, 0.05) is 18.2 Å². The van der Waals surface area contributed by atoms with Crippen molar-refractivity contribution in [2.45, 2.75) is 19.4 Å². The van der Waals surface area contributed by atoms with Crippen molar-refractivity contribution < 1.29 is 14.8 Å². The van der Waals surface area contributed by atoms with Gasteiger partial charge in [-0.2, -0.15) is 0 Å². The van der Waals surface area contributed by atoms with Crippen LogP contribution in [0, 0.1) is 16.0 Å². The summed E-state index contributed by atoms with van der Waals surface area (Å²) in [6.07, 6.45) is 0.825. The topological polar surface area (TPSA) is 122 Å². The number of rotatable bonds is 4. The van der Waals surface area contributed by atoms with Gasteiger partial charge >= 0.3 is 0 Å². The lowest BCUT2D eigenvalue weighted by atomic mass is 10.0. The summed E-state index contributed by atoms with van der Waals surface area (Å²) in [6.45, 7) is 2.45. The van der Waals surface area contributed by atoms with Gasteiger partial charge in [-0.15, -0.1) is 0 Å². The van der Waals surface area contributed by atoms with Crippen molar-refractivity contribution in [3.63, 3.8) is 0 Å². The first-order valence-corrected chi connectivity index (χ1v) is 6.66. The van der Waals surface area contributed by atoms with Gasteiger partial charge in [0.15, 0.2) is 0 Å². The minimum Gasteiger partial charge on any atom is -0.394 e. The van der Waals surface area contributed by atoms with Gasteiger partial charge in [0.1, 0.15) is 5.69 Å². The molecule has 1 amide bonds. The largest absolute Gasteiger partial charge is 0.394 e. The van der Waals surface area contributed by atoms with Crippen molar-refractivity contribution in [1.29, 1.82) is 0 Å². The fraction of sp³-hybridized carbons (Fsp3) is 0.462. The van der Waals surface area contributed by atoms with Crippen molar-refractivity contribution in [2.24, 2.45) is 11.8 Å². The number of amides is 1. The summed E-state index contributed by atoms with van der Waals surface area (Å²) in [4.78, 5) is 24.4. The van der Waals surface area contributed by atoms with Crippen molar-refractivity contribution in [1.82, 2.24) is 4.90 Å². The van der Waals surface area contributed by atoms with E-state index in [-0.39, 0.29) is 35.8 Å². The van der Waals surface area contributed by atoms with E-state index in [0.717, 1.165) is 6.42 Å². The SMILES string of the molecule is CC1CCN(C(=O)c2ccc([N+](=O)[O-])c(NN)c2)C1CO. The molecular formula is C13H18N4O4. The molecule has 21 heavy (non-hydrogen) atoms. The Morgan fingerprint density at radius 3 is 2.90 bits per heavy atom. The van der Waals surface area contributed by atoms with E-state index < -0.39 is 4.92 Å². The highest BCUT2D eigenvalue weighted by Gasteiger charge is 2.34. The molecule has 1 saturated heterocycles. The van der Waals surface area contributed by atoms with E-state index in [9.17, 15) is 20.0 Å². The highest BCUT2D eigenvalue weighted by Crippen LogP contribution is 2.28. The molecule has 0 spiro atoms. The Balaban J connectivity index is 2.30. The lowest BCUT2D eigenvalue weighted by molar-refractivity contribution is -0.384. The Labute approximate surface area is 121 Å². The fourth-order valence-corrected chi connectivity index (χ4v) is 2.65. The van der Waals surface area contributed by atoms with Crippen LogP contribution in [0.3, 0.4) is 0 Å².